The number of benzene rings is 2. The highest BCUT2D eigenvalue weighted by Crippen LogP contribution is 2.38. The van der Waals surface area contributed by atoms with Gasteiger partial charge in [-0.15, -0.1) is 11.3 Å². The van der Waals surface area contributed by atoms with E-state index in [1.165, 1.54) is 42.5 Å². The number of rotatable bonds is 7. The molecule has 0 N–H and O–H groups in total. The van der Waals surface area contributed by atoms with E-state index < -0.39 is 6.08 Å². The molecule has 0 amide bonds. The Morgan fingerprint density at radius 2 is 1.72 bits per heavy atom. The first-order valence-electron chi connectivity index (χ1n) is 11.6. The highest BCUT2D eigenvalue weighted by atomic mass is 32.1. The van der Waals surface area contributed by atoms with Gasteiger partial charge < -0.3 is 14.3 Å². The van der Waals surface area contributed by atoms with Crippen LogP contribution in [0.1, 0.15) is 18.4 Å². The van der Waals surface area contributed by atoms with E-state index in [1.807, 2.05) is 41.8 Å². The molecule has 4 nitrogen and oxygen atoms in total. The number of hydrogen-bond acceptors (Lipinski definition) is 4. The molecular weight excluding hydrogens is 416 g/mol. The summed E-state index contributed by atoms with van der Waals surface area (Å²) in [7, 11) is 0. The van der Waals surface area contributed by atoms with Gasteiger partial charge in [0.15, 0.2) is 6.08 Å². The summed E-state index contributed by atoms with van der Waals surface area (Å²) in [5, 5.41) is 14.5. The van der Waals surface area contributed by atoms with Gasteiger partial charge in [-0.2, -0.15) is 0 Å². The zero-order chi connectivity index (χ0) is 21.8. The summed E-state index contributed by atoms with van der Waals surface area (Å²) >= 11 is 1.60. The van der Waals surface area contributed by atoms with E-state index >= 15 is 0 Å². The van der Waals surface area contributed by atoms with Crippen LogP contribution in [0.15, 0.2) is 77.1 Å². The third-order valence-electron chi connectivity index (χ3n) is 7.27. The fourth-order valence-electron chi connectivity index (χ4n) is 5.46. The number of piperidine rings is 3. The number of quaternary nitrogens is 1. The molecule has 0 spiro atoms. The van der Waals surface area contributed by atoms with Gasteiger partial charge in [-0.1, -0.05) is 60.7 Å². The highest BCUT2D eigenvalue weighted by molar-refractivity contribution is 7.14. The van der Waals surface area contributed by atoms with Crippen LogP contribution in [0.5, 0.6) is 0 Å². The standard InChI is InChI=1S/C27H30N2O2S/c30-27(28-25-14-18-32-26(25)23-9-5-2-6-10-23)31-20-24-19-29(16-12-22(24)13-17-29)15-11-21-7-3-1-4-8-21/h1-10,14,18,22,24H,11-13,15-17,19-20H2. The number of ether oxygens (including phenoxy) is 1. The van der Waals surface area contributed by atoms with Gasteiger partial charge in [0.05, 0.1) is 36.7 Å². The lowest BCUT2D eigenvalue weighted by atomic mass is 9.77. The molecule has 1 unspecified atom stereocenters. The van der Waals surface area contributed by atoms with E-state index in [0.29, 0.717) is 24.1 Å². The Bertz CT molecular complexity index is 1040. The van der Waals surface area contributed by atoms with Crippen molar-refractivity contribution in [1.82, 2.24) is 0 Å². The van der Waals surface area contributed by atoms with Crippen molar-refractivity contribution in [1.29, 1.82) is 0 Å². The first-order valence-corrected chi connectivity index (χ1v) is 12.5. The van der Waals surface area contributed by atoms with Crippen LogP contribution in [0.3, 0.4) is 0 Å². The van der Waals surface area contributed by atoms with Gasteiger partial charge in [0.2, 0.25) is 0 Å². The van der Waals surface area contributed by atoms with Gasteiger partial charge in [0, 0.05) is 31.8 Å². The Hall–Kier alpha value is -2.63. The SMILES string of the molecule is [O-]C(=Nc1ccsc1-c1ccccc1)OCC1C[N+]2(CCc3ccccc3)CCC1CC2. The minimum Gasteiger partial charge on any atom is -0.600 e. The van der Waals surface area contributed by atoms with Gasteiger partial charge in [-0.3, -0.25) is 0 Å². The minimum absolute atomic E-state index is 0.448. The molecule has 3 aliphatic rings. The van der Waals surface area contributed by atoms with E-state index in [2.05, 4.69) is 35.3 Å². The molecule has 4 heterocycles. The van der Waals surface area contributed by atoms with Crippen LogP contribution in [0.2, 0.25) is 0 Å². The van der Waals surface area contributed by atoms with Crippen LogP contribution in [-0.2, 0) is 11.2 Å². The van der Waals surface area contributed by atoms with E-state index in [9.17, 15) is 5.11 Å². The summed E-state index contributed by atoms with van der Waals surface area (Å²) in [6.07, 6.45) is 3.15. The molecule has 0 radical (unpaired) electrons. The first kappa shape index (κ1) is 21.2. The largest absolute Gasteiger partial charge is 0.600 e. The summed E-state index contributed by atoms with van der Waals surface area (Å²) < 4.78 is 6.87. The Kier molecular flexibility index (Phi) is 6.28. The minimum atomic E-state index is -0.465. The topological polar surface area (TPSA) is 44.7 Å². The Balaban J connectivity index is 1.20. The van der Waals surface area contributed by atoms with Crippen LogP contribution in [0, 0.1) is 11.8 Å². The second kappa shape index (κ2) is 9.47. The number of nitrogens with zero attached hydrogens (tertiary/aromatic N) is 2. The van der Waals surface area contributed by atoms with Crippen molar-refractivity contribution in [2.24, 2.45) is 16.8 Å². The van der Waals surface area contributed by atoms with Gasteiger partial charge in [0.1, 0.15) is 0 Å². The fourth-order valence-corrected chi connectivity index (χ4v) is 6.30. The third kappa shape index (κ3) is 4.74. The molecule has 2 bridgehead atoms. The number of hydrogen-bond donors (Lipinski definition) is 0. The van der Waals surface area contributed by atoms with Crippen molar-refractivity contribution in [3.05, 3.63) is 77.7 Å². The van der Waals surface area contributed by atoms with Gasteiger partial charge in [-0.05, 0) is 28.5 Å². The monoisotopic (exact) mass is 446 g/mol. The molecule has 3 fully saturated rings. The summed E-state index contributed by atoms with van der Waals surface area (Å²) in [5.41, 5.74) is 3.20. The normalized spacial score (nSPS) is 25.1. The maximum Gasteiger partial charge on any atom is 0.151 e. The van der Waals surface area contributed by atoms with Crippen molar-refractivity contribution in [2.75, 3.05) is 32.8 Å². The molecule has 1 atom stereocenters. The average Bonchev–Trinajstić information content (AvgIpc) is 3.31. The molecule has 3 aromatic rings. The van der Waals surface area contributed by atoms with Gasteiger partial charge in [-0.25, -0.2) is 4.99 Å². The molecule has 166 valence electrons. The van der Waals surface area contributed by atoms with Crippen molar-refractivity contribution in [3.63, 3.8) is 0 Å². The molecule has 2 aromatic carbocycles. The van der Waals surface area contributed by atoms with Crippen LogP contribution in [-0.4, -0.2) is 43.4 Å². The lowest BCUT2D eigenvalue weighted by Gasteiger charge is -2.53. The Labute approximate surface area is 194 Å². The quantitative estimate of drug-likeness (QED) is 0.295. The Morgan fingerprint density at radius 3 is 2.47 bits per heavy atom. The Morgan fingerprint density at radius 1 is 1.00 bits per heavy atom. The summed E-state index contributed by atoms with van der Waals surface area (Å²) in [6, 6.07) is 22.8. The van der Waals surface area contributed by atoms with Gasteiger partial charge >= 0.3 is 0 Å². The third-order valence-corrected chi connectivity index (χ3v) is 8.22. The lowest BCUT2D eigenvalue weighted by Crippen LogP contribution is -2.63. The lowest BCUT2D eigenvalue weighted by molar-refractivity contribution is -0.946. The first-order chi connectivity index (χ1) is 15.7. The molecular formula is C27H30N2O2S. The highest BCUT2D eigenvalue weighted by Gasteiger charge is 2.44. The predicted octanol–water partition coefficient (Wildman–Crippen LogP) is 4.88. The number of thiophene rings is 1. The van der Waals surface area contributed by atoms with Crippen molar-refractivity contribution >= 4 is 23.1 Å². The summed E-state index contributed by atoms with van der Waals surface area (Å²) in [6.45, 7) is 5.33. The fraction of sp³-hybridized carbons (Fsp3) is 0.370. The van der Waals surface area contributed by atoms with Gasteiger partial charge in [0.25, 0.3) is 0 Å². The van der Waals surface area contributed by atoms with Crippen LogP contribution in [0.25, 0.3) is 10.4 Å². The second-order valence-electron chi connectivity index (χ2n) is 9.22. The molecule has 5 heteroatoms. The van der Waals surface area contributed by atoms with E-state index in [4.69, 9.17) is 4.74 Å². The molecule has 1 aromatic heterocycles. The zero-order valence-corrected chi connectivity index (χ0v) is 19.2. The van der Waals surface area contributed by atoms with E-state index in [-0.39, 0.29) is 0 Å². The average molecular weight is 447 g/mol. The number of aliphatic imine (C=N–C) groups is 1. The summed E-state index contributed by atoms with van der Waals surface area (Å²) in [4.78, 5) is 5.29. The zero-order valence-electron chi connectivity index (χ0n) is 18.4. The van der Waals surface area contributed by atoms with Crippen molar-refractivity contribution in [2.45, 2.75) is 19.3 Å². The molecule has 32 heavy (non-hydrogen) atoms. The van der Waals surface area contributed by atoms with Crippen LogP contribution < -0.4 is 5.11 Å². The summed E-state index contributed by atoms with van der Waals surface area (Å²) in [5.74, 6) is 1.13. The molecule has 3 saturated heterocycles. The predicted molar refractivity (Wildman–Crippen MR) is 129 cm³/mol. The molecule has 0 aliphatic carbocycles. The maximum absolute atomic E-state index is 12.5. The number of fused-ring (bicyclic) bond motifs is 3. The molecule has 3 aliphatic heterocycles. The second-order valence-corrected chi connectivity index (χ2v) is 10.1. The van der Waals surface area contributed by atoms with E-state index in [0.717, 1.165) is 23.4 Å². The van der Waals surface area contributed by atoms with Crippen LogP contribution in [0.4, 0.5) is 5.69 Å². The van der Waals surface area contributed by atoms with E-state index in [1.54, 1.807) is 11.3 Å². The molecule has 0 saturated carbocycles. The maximum atomic E-state index is 12.5. The van der Waals surface area contributed by atoms with Crippen molar-refractivity contribution in [3.8, 4) is 10.4 Å². The van der Waals surface area contributed by atoms with Crippen LogP contribution >= 0.6 is 11.3 Å². The molecule has 6 rings (SSSR count). The van der Waals surface area contributed by atoms with Crippen molar-refractivity contribution < 1.29 is 14.3 Å². The smallest absolute Gasteiger partial charge is 0.151 e.